The van der Waals surface area contributed by atoms with Crippen molar-refractivity contribution in [2.75, 3.05) is 19.0 Å². The maximum Gasteiger partial charge on any atom is 0.225 e. The topological polar surface area (TPSA) is 50.4 Å². The number of benzene rings is 1. The van der Waals surface area contributed by atoms with Gasteiger partial charge in [-0.15, -0.1) is 0 Å². The summed E-state index contributed by atoms with van der Waals surface area (Å²) in [4.78, 5) is 11.8. The fraction of sp³-hybridized carbons (Fsp3) is 0.462. The normalized spacial score (nSPS) is 12.0. The van der Waals surface area contributed by atoms with E-state index in [9.17, 15) is 4.79 Å². The number of ether oxygens (including phenoxy) is 1. The third kappa shape index (κ3) is 4.55. The number of hydrogen-bond acceptors (Lipinski definition) is 3. The second-order valence-corrected chi connectivity index (χ2v) is 4.47. The van der Waals surface area contributed by atoms with Crippen LogP contribution in [0.4, 0.5) is 5.69 Å². The molecule has 2 N–H and O–H groups in total. The van der Waals surface area contributed by atoms with Crippen molar-refractivity contribution in [3.63, 3.8) is 0 Å². The van der Waals surface area contributed by atoms with Crippen molar-refractivity contribution in [3.8, 4) is 5.75 Å². The van der Waals surface area contributed by atoms with Gasteiger partial charge in [0, 0.05) is 24.2 Å². The molecule has 1 rings (SSSR count). The van der Waals surface area contributed by atoms with E-state index in [0.29, 0.717) is 22.9 Å². The second-order valence-electron chi connectivity index (χ2n) is 4.06. The number of nitrogens with one attached hydrogen (secondary N) is 2. The third-order valence-corrected chi connectivity index (χ3v) is 2.79. The van der Waals surface area contributed by atoms with E-state index in [1.54, 1.807) is 25.3 Å². The van der Waals surface area contributed by atoms with Gasteiger partial charge in [-0.25, -0.2) is 0 Å². The second kappa shape index (κ2) is 7.24. The van der Waals surface area contributed by atoms with Gasteiger partial charge < -0.3 is 15.4 Å². The van der Waals surface area contributed by atoms with E-state index in [2.05, 4.69) is 10.6 Å². The minimum Gasteiger partial charge on any atom is -0.495 e. The van der Waals surface area contributed by atoms with Crippen LogP contribution in [-0.4, -0.2) is 25.6 Å². The van der Waals surface area contributed by atoms with E-state index in [4.69, 9.17) is 16.3 Å². The molecule has 0 saturated carbocycles. The van der Waals surface area contributed by atoms with Gasteiger partial charge in [-0.3, -0.25) is 4.79 Å². The summed E-state index contributed by atoms with van der Waals surface area (Å²) in [5, 5.41) is 6.53. The van der Waals surface area contributed by atoms with Gasteiger partial charge in [-0.05, 0) is 25.6 Å². The molecule has 18 heavy (non-hydrogen) atoms. The molecule has 1 atom stereocenters. The molecule has 0 fully saturated rings. The highest BCUT2D eigenvalue weighted by Gasteiger charge is 2.09. The molecular formula is C13H19ClN2O2. The summed E-state index contributed by atoms with van der Waals surface area (Å²) >= 11 is 5.91. The third-order valence-electron chi connectivity index (χ3n) is 2.48. The molecule has 1 unspecified atom stereocenters. The Bertz CT molecular complexity index is 410. The molecule has 1 amide bonds. The number of anilines is 1. The SMILES string of the molecule is CCNC(C)CC(=O)Nc1ccc(Cl)c(OC)c1. The van der Waals surface area contributed by atoms with Crippen LogP contribution >= 0.6 is 11.6 Å². The Kier molecular flexibility index (Phi) is 5.95. The molecule has 0 spiro atoms. The Morgan fingerprint density at radius 1 is 1.50 bits per heavy atom. The average molecular weight is 271 g/mol. The highest BCUT2D eigenvalue weighted by molar-refractivity contribution is 6.32. The van der Waals surface area contributed by atoms with Crippen molar-refractivity contribution in [3.05, 3.63) is 23.2 Å². The number of methoxy groups -OCH3 is 1. The molecule has 0 bridgehead atoms. The molecule has 0 heterocycles. The number of carbonyl (C=O) groups excluding carboxylic acids is 1. The van der Waals surface area contributed by atoms with Crippen molar-refractivity contribution in [1.29, 1.82) is 0 Å². The molecule has 0 radical (unpaired) electrons. The zero-order chi connectivity index (χ0) is 13.5. The molecule has 0 aliphatic carbocycles. The van der Waals surface area contributed by atoms with Crippen molar-refractivity contribution < 1.29 is 9.53 Å². The fourth-order valence-corrected chi connectivity index (χ4v) is 1.84. The summed E-state index contributed by atoms with van der Waals surface area (Å²) in [5.74, 6) is 0.516. The van der Waals surface area contributed by atoms with Gasteiger partial charge >= 0.3 is 0 Å². The minimum absolute atomic E-state index is 0.0344. The van der Waals surface area contributed by atoms with E-state index in [1.165, 1.54) is 0 Å². The van der Waals surface area contributed by atoms with Gasteiger partial charge in [-0.2, -0.15) is 0 Å². The van der Waals surface area contributed by atoms with E-state index < -0.39 is 0 Å². The molecule has 0 saturated heterocycles. The first-order chi connectivity index (χ1) is 8.56. The fourth-order valence-electron chi connectivity index (χ4n) is 1.65. The van der Waals surface area contributed by atoms with E-state index in [1.807, 2.05) is 13.8 Å². The Labute approximate surface area is 113 Å². The van der Waals surface area contributed by atoms with Crippen LogP contribution in [0.5, 0.6) is 5.75 Å². The molecular weight excluding hydrogens is 252 g/mol. The largest absolute Gasteiger partial charge is 0.495 e. The lowest BCUT2D eigenvalue weighted by Gasteiger charge is -2.12. The van der Waals surface area contributed by atoms with Gasteiger partial charge in [0.15, 0.2) is 0 Å². The smallest absolute Gasteiger partial charge is 0.225 e. The minimum atomic E-state index is -0.0344. The molecule has 1 aromatic carbocycles. The summed E-state index contributed by atoms with van der Waals surface area (Å²) in [7, 11) is 1.54. The van der Waals surface area contributed by atoms with Crippen LogP contribution < -0.4 is 15.4 Å². The Morgan fingerprint density at radius 2 is 2.22 bits per heavy atom. The van der Waals surface area contributed by atoms with Crippen LogP contribution in [-0.2, 0) is 4.79 Å². The van der Waals surface area contributed by atoms with E-state index in [-0.39, 0.29) is 11.9 Å². The summed E-state index contributed by atoms with van der Waals surface area (Å²) in [6.45, 7) is 4.84. The lowest BCUT2D eigenvalue weighted by atomic mass is 10.2. The number of halogens is 1. The van der Waals surface area contributed by atoms with E-state index >= 15 is 0 Å². The molecule has 5 heteroatoms. The van der Waals surface area contributed by atoms with Crippen molar-refractivity contribution in [2.24, 2.45) is 0 Å². The predicted octanol–water partition coefficient (Wildman–Crippen LogP) is 2.68. The summed E-state index contributed by atoms with van der Waals surface area (Å²) in [6, 6.07) is 5.31. The molecule has 1 aromatic rings. The maximum atomic E-state index is 11.8. The zero-order valence-corrected chi connectivity index (χ0v) is 11.7. The van der Waals surface area contributed by atoms with Crippen molar-refractivity contribution >= 4 is 23.2 Å². The van der Waals surface area contributed by atoms with Crippen LogP contribution in [0, 0.1) is 0 Å². The van der Waals surface area contributed by atoms with E-state index in [0.717, 1.165) is 6.54 Å². The highest BCUT2D eigenvalue weighted by atomic mass is 35.5. The monoisotopic (exact) mass is 270 g/mol. The number of amides is 1. The zero-order valence-electron chi connectivity index (χ0n) is 10.9. The first-order valence-corrected chi connectivity index (χ1v) is 6.31. The lowest BCUT2D eigenvalue weighted by molar-refractivity contribution is -0.116. The van der Waals surface area contributed by atoms with Crippen LogP contribution in [0.2, 0.25) is 5.02 Å². The van der Waals surface area contributed by atoms with Gasteiger partial charge in [0.25, 0.3) is 0 Å². The molecule has 0 aliphatic rings. The first kappa shape index (κ1) is 14.8. The number of hydrogen-bond donors (Lipinski definition) is 2. The molecule has 0 aromatic heterocycles. The average Bonchev–Trinajstić information content (AvgIpc) is 2.31. The van der Waals surface area contributed by atoms with Crippen molar-refractivity contribution in [1.82, 2.24) is 5.32 Å². The quantitative estimate of drug-likeness (QED) is 0.836. The first-order valence-electron chi connectivity index (χ1n) is 5.93. The number of carbonyl (C=O) groups is 1. The Hall–Kier alpha value is -1.26. The Balaban J connectivity index is 2.59. The van der Waals surface area contributed by atoms with Gasteiger partial charge in [-0.1, -0.05) is 18.5 Å². The summed E-state index contributed by atoms with van der Waals surface area (Å²) in [5.41, 5.74) is 0.685. The predicted molar refractivity (Wildman–Crippen MR) is 74.4 cm³/mol. The van der Waals surface area contributed by atoms with Crippen LogP contribution in [0.25, 0.3) is 0 Å². The van der Waals surface area contributed by atoms with Gasteiger partial charge in [0.2, 0.25) is 5.91 Å². The molecule has 0 aliphatic heterocycles. The van der Waals surface area contributed by atoms with Crippen LogP contribution in [0.15, 0.2) is 18.2 Å². The van der Waals surface area contributed by atoms with Crippen LogP contribution in [0.3, 0.4) is 0 Å². The number of rotatable bonds is 6. The highest BCUT2D eigenvalue weighted by Crippen LogP contribution is 2.27. The van der Waals surface area contributed by atoms with Crippen molar-refractivity contribution in [2.45, 2.75) is 26.3 Å². The van der Waals surface area contributed by atoms with Gasteiger partial charge in [0.05, 0.1) is 12.1 Å². The summed E-state index contributed by atoms with van der Waals surface area (Å²) < 4.78 is 5.09. The maximum absolute atomic E-state index is 11.8. The summed E-state index contributed by atoms with van der Waals surface area (Å²) in [6.07, 6.45) is 0.429. The molecule has 100 valence electrons. The molecule has 4 nitrogen and oxygen atoms in total. The van der Waals surface area contributed by atoms with Crippen LogP contribution in [0.1, 0.15) is 20.3 Å². The lowest BCUT2D eigenvalue weighted by Crippen LogP contribution is -2.30. The van der Waals surface area contributed by atoms with Gasteiger partial charge in [0.1, 0.15) is 5.75 Å². The Morgan fingerprint density at radius 3 is 2.83 bits per heavy atom. The standard InChI is InChI=1S/C13H19ClN2O2/c1-4-15-9(2)7-13(17)16-10-5-6-11(14)12(8-10)18-3/h5-6,8-9,15H,4,7H2,1-3H3,(H,16,17).